The Kier molecular flexibility index (Phi) is 3.78. The minimum atomic E-state index is -0.303. The van der Waals surface area contributed by atoms with Gasteiger partial charge in [-0.1, -0.05) is 11.6 Å². The van der Waals surface area contributed by atoms with Crippen molar-refractivity contribution in [2.45, 2.75) is 25.3 Å². The van der Waals surface area contributed by atoms with E-state index in [1.165, 1.54) is 13.3 Å². The minimum absolute atomic E-state index is 0.244. The zero-order valence-electron chi connectivity index (χ0n) is 9.60. The van der Waals surface area contributed by atoms with Crippen molar-refractivity contribution in [1.29, 1.82) is 0 Å². The summed E-state index contributed by atoms with van der Waals surface area (Å²) >= 11 is 6.00. The van der Waals surface area contributed by atoms with Crippen molar-refractivity contribution in [2.75, 3.05) is 18.6 Å². The molecule has 1 aliphatic heterocycles. The lowest BCUT2D eigenvalue weighted by Crippen LogP contribution is -2.46. The molecule has 1 atom stereocenters. The molecule has 2 heterocycles. The van der Waals surface area contributed by atoms with Crippen molar-refractivity contribution in [3.63, 3.8) is 0 Å². The fraction of sp³-hybridized carbons (Fsp3) is 0.545. The molecule has 0 radical (unpaired) electrons. The third-order valence-corrected chi connectivity index (χ3v) is 3.15. The lowest BCUT2D eigenvalue weighted by atomic mass is 10.0. The molecule has 0 spiro atoms. The molecule has 1 aliphatic rings. The predicted molar refractivity (Wildman–Crippen MR) is 64.0 cm³/mol. The lowest BCUT2D eigenvalue weighted by Gasteiger charge is -2.34. The van der Waals surface area contributed by atoms with Crippen LogP contribution in [0.5, 0.6) is 0 Å². The van der Waals surface area contributed by atoms with Crippen molar-refractivity contribution in [3.8, 4) is 0 Å². The average Bonchev–Trinajstić information content (AvgIpc) is 2.38. The highest BCUT2D eigenvalue weighted by Gasteiger charge is 2.31. The Labute approximate surface area is 105 Å². The maximum atomic E-state index is 11.7. The molecule has 92 valence electrons. The summed E-state index contributed by atoms with van der Waals surface area (Å²) < 4.78 is 4.81. The zero-order chi connectivity index (χ0) is 12.3. The topological polar surface area (TPSA) is 55.3 Å². The zero-order valence-corrected chi connectivity index (χ0v) is 10.4. The average molecular weight is 256 g/mol. The van der Waals surface area contributed by atoms with Crippen LogP contribution >= 0.6 is 11.6 Å². The Hall–Kier alpha value is -1.36. The molecule has 0 unspecified atom stereocenters. The second-order valence-electron chi connectivity index (χ2n) is 3.90. The number of methoxy groups -OCH3 is 1. The molecular formula is C11H14ClN3O2. The molecule has 0 bridgehead atoms. The van der Waals surface area contributed by atoms with Crippen LogP contribution in [0.15, 0.2) is 12.4 Å². The van der Waals surface area contributed by atoms with Gasteiger partial charge in [-0.2, -0.15) is 0 Å². The number of anilines is 1. The van der Waals surface area contributed by atoms with Crippen molar-refractivity contribution >= 4 is 23.4 Å². The number of carbonyl (C=O) groups is 1. The van der Waals surface area contributed by atoms with Gasteiger partial charge < -0.3 is 9.64 Å². The van der Waals surface area contributed by atoms with Gasteiger partial charge in [0.1, 0.15) is 6.04 Å². The van der Waals surface area contributed by atoms with Gasteiger partial charge in [0.2, 0.25) is 0 Å². The highest BCUT2D eigenvalue weighted by atomic mass is 35.5. The fourth-order valence-electron chi connectivity index (χ4n) is 2.07. The van der Waals surface area contributed by atoms with Gasteiger partial charge in [-0.05, 0) is 19.3 Å². The highest BCUT2D eigenvalue weighted by molar-refractivity contribution is 6.31. The maximum absolute atomic E-state index is 11.7. The van der Waals surface area contributed by atoms with E-state index in [1.807, 2.05) is 4.90 Å². The minimum Gasteiger partial charge on any atom is -0.467 e. The Morgan fingerprint density at radius 3 is 2.94 bits per heavy atom. The highest BCUT2D eigenvalue weighted by Crippen LogP contribution is 2.27. The van der Waals surface area contributed by atoms with E-state index in [9.17, 15) is 4.79 Å². The van der Waals surface area contributed by atoms with Crippen LogP contribution in [0, 0.1) is 0 Å². The number of esters is 1. The first kappa shape index (κ1) is 12.1. The second kappa shape index (κ2) is 5.31. The molecule has 0 amide bonds. The number of hydrogen-bond acceptors (Lipinski definition) is 5. The van der Waals surface area contributed by atoms with Crippen molar-refractivity contribution in [2.24, 2.45) is 0 Å². The number of carbonyl (C=O) groups excluding carboxylic acids is 1. The lowest BCUT2D eigenvalue weighted by molar-refractivity contribution is -0.142. The first-order valence-electron chi connectivity index (χ1n) is 5.55. The van der Waals surface area contributed by atoms with Gasteiger partial charge >= 0.3 is 5.97 Å². The van der Waals surface area contributed by atoms with E-state index in [0.717, 1.165) is 25.8 Å². The molecule has 5 nitrogen and oxygen atoms in total. The quantitative estimate of drug-likeness (QED) is 0.753. The standard InChI is InChI=1S/C11H14ClN3O2/c1-17-11(16)8-4-2-3-7-15(8)10-9(12)13-5-6-14-10/h5-6,8H,2-4,7H2,1H3/t8-/m0/s1. The summed E-state index contributed by atoms with van der Waals surface area (Å²) in [6.07, 6.45) is 5.89. The molecule has 0 aliphatic carbocycles. The number of aromatic nitrogens is 2. The number of ether oxygens (including phenoxy) is 1. The second-order valence-corrected chi connectivity index (χ2v) is 4.26. The number of halogens is 1. The van der Waals surface area contributed by atoms with Crippen molar-refractivity contribution < 1.29 is 9.53 Å². The SMILES string of the molecule is COC(=O)[C@@H]1CCCCN1c1nccnc1Cl. The molecule has 0 saturated carbocycles. The Morgan fingerprint density at radius 2 is 2.24 bits per heavy atom. The van der Waals surface area contributed by atoms with Crippen LogP contribution in [-0.4, -0.2) is 35.6 Å². The van der Waals surface area contributed by atoms with Gasteiger partial charge in [0.05, 0.1) is 7.11 Å². The molecule has 1 aromatic rings. The summed E-state index contributed by atoms with van der Waals surface area (Å²) in [7, 11) is 1.40. The van der Waals surface area contributed by atoms with Crippen LogP contribution in [0.1, 0.15) is 19.3 Å². The first-order valence-corrected chi connectivity index (χ1v) is 5.93. The summed E-state index contributed by atoms with van der Waals surface area (Å²) in [4.78, 5) is 21.8. The smallest absolute Gasteiger partial charge is 0.328 e. The molecule has 1 saturated heterocycles. The number of piperidine rings is 1. The third-order valence-electron chi connectivity index (χ3n) is 2.88. The van der Waals surface area contributed by atoms with Crippen molar-refractivity contribution in [1.82, 2.24) is 9.97 Å². The summed E-state index contributed by atoms with van der Waals surface area (Å²) in [5.41, 5.74) is 0. The van der Waals surface area contributed by atoms with E-state index >= 15 is 0 Å². The van der Waals surface area contributed by atoms with Gasteiger partial charge in [-0.15, -0.1) is 0 Å². The third kappa shape index (κ3) is 2.49. The van der Waals surface area contributed by atoms with Crippen LogP contribution in [0.2, 0.25) is 5.15 Å². The Balaban J connectivity index is 2.28. The van der Waals surface area contributed by atoms with E-state index in [-0.39, 0.29) is 12.0 Å². The maximum Gasteiger partial charge on any atom is 0.328 e. The molecule has 6 heteroatoms. The van der Waals surface area contributed by atoms with Gasteiger partial charge in [0.25, 0.3) is 0 Å². The van der Waals surface area contributed by atoms with E-state index in [0.29, 0.717) is 11.0 Å². The van der Waals surface area contributed by atoms with E-state index in [2.05, 4.69) is 9.97 Å². The molecule has 2 rings (SSSR count). The van der Waals surface area contributed by atoms with Gasteiger partial charge in [0.15, 0.2) is 11.0 Å². The van der Waals surface area contributed by atoms with Crippen LogP contribution in [0.4, 0.5) is 5.82 Å². The molecule has 1 aromatic heterocycles. The van der Waals surface area contributed by atoms with Crippen molar-refractivity contribution in [3.05, 3.63) is 17.5 Å². The number of nitrogens with zero attached hydrogens (tertiary/aromatic N) is 3. The summed E-state index contributed by atoms with van der Waals surface area (Å²) in [5, 5.41) is 0.323. The normalized spacial score (nSPS) is 20.1. The molecule has 0 N–H and O–H groups in total. The summed E-state index contributed by atoms with van der Waals surface area (Å²) in [6.45, 7) is 0.748. The van der Waals surface area contributed by atoms with E-state index in [1.54, 1.807) is 6.20 Å². The monoisotopic (exact) mass is 255 g/mol. The number of hydrogen-bond donors (Lipinski definition) is 0. The van der Waals surface area contributed by atoms with Gasteiger partial charge in [0, 0.05) is 18.9 Å². The van der Waals surface area contributed by atoms with Crippen LogP contribution in [-0.2, 0) is 9.53 Å². The van der Waals surface area contributed by atoms with Crippen LogP contribution in [0.25, 0.3) is 0 Å². The fourth-order valence-corrected chi connectivity index (χ4v) is 2.29. The van der Waals surface area contributed by atoms with E-state index < -0.39 is 0 Å². The number of rotatable bonds is 2. The van der Waals surface area contributed by atoms with E-state index in [4.69, 9.17) is 16.3 Å². The summed E-state index contributed by atoms with van der Waals surface area (Å²) in [5.74, 6) is 0.315. The van der Waals surface area contributed by atoms with Crippen LogP contribution < -0.4 is 4.90 Å². The Bertz CT molecular complexity index is 413. The Morgan fingerprint density at radius 1 is 1.47 bits per heavy atom. The summed E-state index contributed by atoms with van der Waals surface area (Å²) in [6, 6.07) is -0.303. The molecule has 17 heavy (non-hydrogen) atoms. The van der Waals surface area contributed by atoms with Gasteiger partial charge in [-0.25, -0.2) is 14.8 Å². The predicted octanol–water partition coefficient (Wildman–Crippen LogP) is 1.66. The first-order chi connectivity index (χ1) is 8.24. The van der Waals surface area contributed by atoms with Gasteiger partial charge in [-0.3, -0.25) is 0 Å². The molecule has 1 fully saturated rings. The molecule has 0 aromatic carbocycles. The van der Waals surface area contributed by atoms with Crippen LogP contribution in [0.3, 0.4) is 0 Å². The molecular weight excluding hydrogens is 242 g/mol. The largest absolute Gasteiger partial charge is 0.467 e.